The van der Waals surface area contributed by atoms with Crippen LogP contribution in [0.5, 0.6) is 11.5 Å². The average molecular weight is 479 g/mol. The first-order valence-corrected chi connectivity index (χ1v) is 11.2. The predicted octanol–water partition coefficient (Wildman–Crippen LogP) is 5.41. The van der Waals surface area contributed by atoms with E-state index in [4.69, 9.17) is 13.8 Å². The number of benzene rings is 2. The number of rotatable bonds is 8. The Balaban J connectivity index is 1.90. The summed E-state index contributed by atoms with van der Waals surface area (Å²) in [5.41, 5.74) is 0. The van der Waals surface area contributed by atoms with Gasteiger partial charge in [-0.1, -0.05) is 18.2 Å². The topological polar surface area (TPSA) is 73.9 Å². The van der Waals surface area contributed by atoms with Crippen molar-refractivity contribution in [1.29, 1.82) is 0 Å². The van der Waals surface area contributed by atoms with Crippen LogP contribution in [-0.4, -0.2) is 18.1 Å². The molecule has 1 aliphatic carbocycles. The van der Waals surface area contributed by atoms with Crippen molar-refractivity contribution in [2.75, 3.05) is 0 Å². The highest BCUT2D eigenvalue weighted by Gasteiger charge is 2.38. The molecular formula is C20H19F5NO5P. The second-order valence-corrected chi connectivity index (χ2v) is 8.70. The predicted molar refractivity (Wildman–Crippen MR) is 102 cm³/mol. The molecule has 0 spiro atoms. The van der Waals surface area contributed by atoms with Crippen LogP contribution in [0.1, 0.15) is 32.6 Å². The Morgan fingerprint density at radius 3 is 2.03 bits per heavy atom. The van der Waals surface area contributed by atoms with E-state index in [-0.39, 0.29) is 11.9 Å². The van der Waals surface area contributed by atoms with Crippen LogP contribution in [0.4, 0.5) is 22.0 Å². The Morgan fingerprint density at radius 2 is 1.47 bits per heavy atom. The molecule has 0 heterocycles. The largest absolute Gasteiger partial charge is 0.513 e. The Kier molecular flexibility index (Phi) is 7.40. The van der Waals surface area contributed by atoms with Gasteiger partial charge in [0.25, 0.3) is 0 Å². The van der Waals surface area contributed by atoms with Crippen LogP contribution < -0.4 is 14.1 Å². The standard InChI is InChI=1S/C20H19F5NO5P/c1-11(20(27)29-12-7-5-6-8-12)26-32(28,30-13-9-3-2-4-10-13)31-19-17(24)15(22)14(21)16(23)18(19)25/h2-4,9-12H,5-8H2,1H3,(H,26,28)/t11-,32?/m0/s1. The lowest BCUT2D eigenvalue weighted by molar-refractivity contribution is -0.150. The van der Waals surface area contributed by atoms with Crippen LogP contribution in [0.15, 0.2) is 30.3 Å². The van der Waals surface area contributed by atoms with Crippen LogP contribution in [0, 0.1) is 29.1 Å². The summed E-state index contributed by atoms with van der Waals surface area (Å²) in [4.78, 5) is 12.3. The van der Waals surface area contributed by atoms with Crippen LogP contribution in [0.3, 0.4) is 0 Å². The number of hydrogen-bond donors (Lipinski definition) is 1. The molecule has 32 heavy (non-hydrogen) atoms. The number of hydrogen-bond acceptors (Lipinski definition) is 5. The van der Waals surface area contributed by atoms with Gasteiger partial charge in [-0.3, -0.25) is 4.79 Å². The highest BCUT2D eigenvalue weighted by molar-refractivity contribution is 7.52. The van der Waals surface area contributed by atoms with Gasteiger partial charge in [-0.05, 0) is 44.7 Å². The molecule has 1 unspecified atom stereocenters. The van der Waals surface area contributed by atoms with Gasteiger partial charge in [0, 0.05) is 0 Å². The van der Waals surface area contributed by atoms with Gasteiger partial charge >= 0.3 is 13.7 Å². The van der Waals surface area contributed by atoms with E-state index in [1.807, 2.05) is 0 Å². The summed E-state index contributed by atoms with van der Waals surface area (Å²) in [5, 5.41) is 2.14. The normalized spacial score (nSPS) is 16.9. The summed E-state index contributed by atoms with van der Waals surface area (Å²) < 4.78 is 97.0. The van der Waals surface area contributed by atoms with Gasteiger partial charge in [-0.2, -0.15) is 13.9 Å². The van der Waals surface area contributed by atoms with Crippen LogP contribution >= 0.6 is 7.75 Å². The van der Waals surface area contributed by atoms with E-state index in [1.165, 1.54) is 31.2 Å². The quantitative estimate of drug-likeness (QED) is 0.179. The van der Waals surface area contributed by atoms with Crippen molar-refractivity contribution in [3.8, 4) is 11.5 Å². The van der Waals surface area contributed by atoms with E-state index in [0.29, 0.717) is 12.8 Å². The lowest BCUT2D eigenvalue weighted by Crippen LogP contribution is -2.37. The van der Waals surface area contributed by atoms with Crippen molar-refractivity contribution in [3.63, 3.8) is 0 Å². The summed E-state index contributed by atoms with van der Waals surface area (Å²) in [6, 6.07) is 5.75. The monoisotopic (exact) mass is 479 g/mol. The number of nitrogens with one attached hydrogen (secondary N) is 1. The first kappa shape index (κ1) is 24.0. The van der Waals surface area contributed by atoms with Gasteiger partial charge in [0.05, 0.1) is 0 Å². The average Bonchev–Trinajstić information content (AvgIpc) is 3.27. The molecule has 2 aromatic carbocycles. The third-order valence-corrected chi connectivity index (χ3v) is 6.22. The van der Waals surface area contributed by atoms with Crippen molar-refractivity contribution in [2.24, 2.45) is 0 Å². The zero-order valence-electron chi connectivity index (χ0n) is 16.7. The maximum atomic E-state index is 14.1. The molecule has 1 saturated carbocycles. The van der Waals surface area contributed by atoms with E-state index >= 15 is 0 Å². The fourth-order valence-electron chi connectivity index (χ4n) is 3.04. The molecule has 0 bridgehead atoms. The minimum absolute atomic E-state index is 0.122. The van der Waals surface area contributed by atoms with E-state index in [0.717, 1.165) is 12.8 Å². The molecule has 1 aliphatic rings. The molecular weight excluding hydrogens is 460 g/mol. The Morgan fingerprint density at radius 1 is 0.938 bits per heavy atom. The second-order valence-electron chi connectivity index (χ2n) is 7.09. The molecule has 0 saturated heterocycles. The molecule has 0 aromatic heterocycles. The van der Waals surface area contributed by atoms with Crippen LogP contribution in [0.2, 0.25) is 0 Å². The number of carbonyl (C=O) groups excluding carboxylic acids is 1. The maximum Gasteiger partial charge on any atom is 0.513 e. The van der Waals surface area contributed by atoms with Crippen molar-refractivity contribution in [1.82, 2.24) is 5.09 Å². The first-order chi connectivity index (χ1) is 15.1. The highest BCUT2D eigenvalue weighted by atomic mass is 31.2. The molecule has 174 valence electrons. The number of halogens is 5. The van der Waals surface area contributed by atoms with E-state index in [9.17, 15) is 31.3 Å². The summed E-state index contributed by atoms with van der Waals surface area (Å²) in [6.45, 7) is 1.22. The second kappa shape index (κ2) is 9.87. The van der Waals surface area contributed by atoms with E-state index in [1.54, 1.807) is 6.07 Å². The number of ether oxygens (including phenoxy) is 1. The fourth-order valence-corrected chi connectivity index (χ4v) is 4.56. The third kappa shape index (κ3) is 5.39. The molecule has 3 rings (SSSR count). The molecule has 2 aromatic rings. The third-order valence-electron chi connectivity index (χ3n) is 4.64. The lowest BCUT2D eigenvalue weighted by atomic mass is 10.3. The highest BCUT2D eigenvalue weighted by Crippen LogP contribution is 2.47. The molecule has 12 heteroatoms. The zero-order valence-corrected chi connectivity index (χ0v) is 17.6. The summed E-state index contributed by atoms with van der Waals surface area (Å²) in [6.07, 6.45) is 2.71. The Bertz CT molecular complexity index is 1000. The van der Waals surface area contributed by atoms with Crippen molar-refractivity contribution >= 4 is 13.7 Å². The Hall–Kier alpha value is -2.65. The first-order valence-electron chi connectivity index (χ1n) is 9.65. The van der Waals surface area contributed by atoms with Gasteiger partial charge in [-0.15, -0.1) is 0 Å². The van der Waals surface area contributed by atoms with Gasteiger partial charge in [-0.25, -0.2) is 17.7 Å². The molecule has 0 aliphatic heterocycles. The Labute approximate surface area is 180 Å². The van der Waals surface area contributed by atoms with Gasteiger partial charge in [0.1, 0.15) is 17.9 Å². The van der Waals surface area contributed by atoms with Gasteiger partial charge in [0.2, 0.25) is 34.8 Å². The number of esters is 1. The van der Waals surface area contributed by atoms with Crippen molar-refractivity contribution < 1.29 is 45.1 Å². The summed E-state index contributed by atoms with van der Waals surface area (Å²) in [5.74, 6) is -14.5. The fraction of sp³-hybridized carbons (Fsp3) is 0.350. The van der Waals surface area contributed by atoms with Gasteiger partial charge in [0.15, 0.2) is 0 Å². The molecule has 0 radical (unpaired) electrons. The minimum Gasteiger partial charge on any atom is -0.461 e. The molecule has 0 amide bonds. The maximum absolute atomic E-state index is 14.1. The molecule has 2 atom stereocenters. The minimum atomic E-state index is -4.91. The zero-order chi connectivity index (χ0) is 23.5. The van der Waals surface area contributed by atoms with Crippen molar-refractivity contribution in [2.45, 2.75) is 44.8 Å². The summed E-state index contributed by atoms with van der Waals surface area (Å²) >= 11 is 0. The van der Waals surface area contributed by atoms with Gasteiger partial charge < -0.3 is 13.8 Å². The molecule has 6 nitrogen and oxygen atoms in total. The number of para-hydroxylation sites is 1. The van der Waals surface area contributed by atoms with Crippen LogP contribution in [-0.2, 0) is 14.1 Å². The number of carbonyl (C=O) groups is 1. The van der Waals surface area contributed by atoms with E-state index < -0.39 is 54.6 Å². The van der Waals surface area contributed by atoms with Crippen LogP contribution in [0.25, 0.3) is 0 Å². The molecule has 1 fully saturated rings. The SMILES string of the molecule is C[C@H](NP(=O)(Oc1ccccc1)Oc1c(F)c(F)c(F)c(F)c1F)C(=O)OC1CCCC1. The summed E-state index contributed by atoms with van der Waals surface area (Å²) in [7, 11) is -4.91. The van der Waals surface area contributed by atoms with E-state index in [2.05, 4.69) is 5.09 Å². The molecule has 1 N–H and O–H groups in total. The smallest absolute Gasteiger partial charge is 0.461 e. The lowest BCUT2D eigenvalue weighted by Gasteiger charge is -2.24. The van der Waals surface area contributed by atoms with Crippen molar-refractivity contribution in [3.05, 3.63) is 59.4 Å².